The minimum absolute atomic E-state index is 0.202. The Hall–Kier alpha value is -1.89. The van der Waals surface area contributed by atoms with E-state index in [2.05, 4.69) is 37.5 Å². The molecular weight excluding hydrogens is 256 g/mol. The minimum atomic E-state index is 0.202. The first-order chi connectivity index (χ1) is 9.78. The molecule has 2 atom stereocenters. The lowest BCUT2D eigenvalue weighted by atomic mass is 10.1. The summed E-state index contributed by atoms with van der Waals surface area (Å²) in [5.41, 5.74) is 1.49. The summed E-state index contributed by atoms with van der Waals surface area (Å²) in [7, 11) is 0. The highest BCUT2D eigenvalue weighted by atomic mass is 16.5. The number of hydrogen-bond acceptors (Lipinski definition) is 6. The minimum Gasteiger partial charge on any atom is -0.376 e. The quantitative estimate of drug-likeness (QED) is 0.771. The summed E-state index contributed by atoms with van der Waals surface area (Å²) >= 11 is 0. The standard InChI is InChI=1S/C13H20N6O/c1-3-14-13-18-11-10(15-7-16-11)12(19-13)17-8(2)9-5-4-6-20-9/h7-9H,3-6H2,1-2H3,(H3,14,15,16,17,18,19). The zero-order valence-corrected chi connectivity index (χ0v) is 11.8. The molecule has 7 nitrogen and oxygen atoms in total. The summed E-state index contributed by atoms with van der Waals surface area (Å²) in [5, 5.41) is 6.55. The van der Waals surface area contributed by atoms with Gasteiger partial charge in [-0.05, 0) is 26.7 Å². The number of anilines is 2. The number of imidazole rings is 1. The third-order valence-corrected chi connectivity index (χ3v) is 3.51. The Balaban J connectivity index is 1.86. The predicted octanol–water partition coefficient (Wildman–Crippen LogP) is 1.76. The van der Waals surface area contributed by atoms with Gasteiger partial charge in [-0.1, -0.05) is 0 Å². The van der Waals surface area contributed by atoms with Crippen molar-refractivity contribution in [1.29, 1.82) is 0 Å². The molecular formula is C13H20N6O. The van der Waals surface area contributed by atoms with Crippen molar-refractivity contribution < 1.29 is 4.74 Å². The van der Waals surface area contributed by atoms with Gasteiger partial charge in [0.15, 0.2) is 11.5 Å². The van der Waals surface area contributed by atoms with Gasteiger partial charge in [0.25, 0.3) is 0 Å². The number of ether oxygens (including phenoxy) is 1. The van der Waals surface area contributed by atoms with Gasteiger partial charge in [0, 0.05) is 13.2 Å². The largest absolute Gasteiger partial charge is 0.376 e. The summed E-state index contributed by atoms with van der Waals surface area (Å²) in [5.74, 6) is 1.36. The first-order valence-corrected chi connectivity index (χ1v) is 7.11. The number of aromatic nitrogens is 4. The van der Waals surface area contributed by atoms with E-state index in [4.69, 9.17) is 4.74 Å². The molecule has 2 aromatic heterocycles. The lowest BCUT2D eigenvalue weighted by molar-refractivity contribution is 0.0996. The van der Waals surface area contributed by atoms with E-state index in [1.54, 1.807) is 6.33 Å². The van der Waals surface area contributed by atoms with Crippen molar-refractivity contribution in [3.8, 4) is 0 Å². The van der Waals surface area contributed by atoms with Gasteiger partial charge >= 0.3 is 0 Å². The molecule has 0 saturated carbocycles. The highest BCUT2D eigenvalue weighted by Gasteiger charge is 2.23. The van der Waals surface area contributed by atoms with Crippen LogP contribution in [0.2, 0.25) is 0 Å². The van der Waals surface area contributed by atoms with Crippen LogP contribution in [-0.4, -0.2) is 45.2 Å². The summed E-state index contributed by atoms with van der Waals surface area (Å²) in [6, 6.07) is 0.202. The molecule has 0 bridgehead atoms. The summed E-state index contributed by atoms with van der Waals surface area (Å²) in [6.45, 7) is 5.76. The van der Waals surface area contributed by atoms with Crippen molar-refractivity contribution >= 4 is 22.9 Å². The number of nitrogens with one attached hydrogen (secondary N) is 3. The fourth-order valence-corrected chi connectivity index (χ4v) is 2.48. The van der Waals surface area contributed by atoms with Crippen molar-refractivity contribution in [3.05, 3.63) is 6.33 Å². The predicted molar refractivity (Wildman–Crippen MR) is 77.9 cm³/mol. The second kappa shape index (κ2) is 5.62. The first kappa shape index (κ1) is 13.1. The second-order valence-corrected chi connectivity index (χ2v) is 5.01. The monoisotopic (exact) mass is 276 g/mol. The van der Waals surface area contributed by atoms with Gasteiger partial charge < -0.3 is 20.4 Å². The number of nitrogens with zero attached hydrogens (tertiary/aromatic N) is 3. The zero-order valence-electron chi connectivity index (χ0n) is 11.8. The van der Waals surface area contributed by atoms with Gasteiger partial charge in [0.05, 0.1) is 18.5 Å². The van der Waals surface area contributed by atoms with E-state index in [0.717, 1.165) is 37.3 Å². The van der Waals surface area contributed by atoms with Crippen LogP contribution in [0.15, 0.2) is 6.33 Å². The molecule has 1 aliphatic heterocycles. The van der Waals surface area contributed by atoms with Crippen molar-refractivity contribution in [2.75, 3.05) is 23.8 Å². The van der Waals surface area contributed by atoms with Crippen LogP contribution >= 0.6 is 0 Å². The topological polar surface area (TPSA) is 87.8 Å². The fraction of sp³-hybridized carbons (Fsp3) is 0.615. The van der Waals surface area contributed by atoms with E-state index in [1.807, 2.05) is 6.92 Å². The van der Waals surface area contributed by atoms with Crippen LogP contribution < -0.4 is 10.6 Å². The third kappa shape index (κ3) is 2.53. The van der Waals surface area contributed by atoms with Crippen molar-refractivity contribution in [2.45, 2.75) is 38.8 Å². The molecule has 0 aromatic carbocycles. The maximum atomic E-state index is 5.71. The van der Waals surface area contributed by atoms with Gasteiger partial charge in [-0.15, -0.1) is 0 Å². The van der Waals surface area contributed by atoms with Crippen LogP contribution in [0.5, 0.6) is 0 Å². The molecule has 108 valence electrons. The highest BCUT2D eigenvalue weighted by molar-refractivity contribution is 5.83. The Bertz CT molecular complexity index is 577. The second-order valence-electron chi connectivity index (χ2n) is 5.01. The average molecular weight is 276 g/mol. The lowest BCUT2D eigenvalue weighted by Gasteiger charge is -2.21. The van der Waals surface area contributed by atoms with E-state index in [1.165, 1.54) is 0 Å². The maximum Gasteiger partial charge on any atom is 0.226 e. The Morgan fingerprint density at radius 2 is 2.40 bits per heavy atom. The van der Waals surface area contributed by atoms with E-state index < -0.39 is 0 Å². The molecule has 1 aliphatic rings. The third-order valence-electron chi connectivity index (χ3n) is 3.51. The molecule has 2 aromatic rings. The van der Waals surface area contributed by atoms with Crippen LogP contribution in [0.4, 0.5) is 11.8 Å². The Morgan fingerprint density at radius 3 is 3.15 bits per heavy atom. The van der Waals surface area contributed by atoms with E-state index in [-0.39, 0.29) is 12.1 Å². The van der Waals surface area contributed by atoms with Gasteiger partial charge in [0.1, 0.15) is 5.52 Å². The van der Waals surface area contributed by atoms with E-state index in [9.17, 15) is 0 Å². The van der Waals surface area contributed by atoms with Crippen LogP contribution in [0.25, 0.3) is 11.2 Å². The molecule has 0 spiro atoms. The molecule has 20 heavy (non-hydrogen) atoms. The maximum absolute atomic E-state index is 5.71. The molecule has 3 N–H and O–H groups in total. The first-order valence-electron chi connectivity index (χ1n) is 7.11. The summed E-state index contributed by atoms with van der Waals surface area (Å²) < 4.78 is 5.71. The van der Waals surface area contributed by atoms with Crippen LogP contribution in [0, 0.1) is 0 Å². The lowest BCUT2D eigenvalue weighted by Crippen LogP contribution is -2.30. The van der Waals surface area contributed by atoms with Crippen LogP contribution in [0.1, 0.15) is 26.7 Å². The molecule has 1 saturated heterocycles. The van der Waals surface area contributed by atoms with Crippen molar-refractivity contribution in [3.63, 3.8) is 0 Å². The molecule has 0 amide bonds. The Labute approximate surface area is 117 Å². The Morgan fingerprint density at radius 1 is 1.50 bits per heavy atom. The number of rotatable bonds is 5. The smallest absolute Gasteiger partial charge is 0.226 e. The molecule has 7 heteroatoms. The molecule has 3 heterocycles. The van der Waals surface area contributed by atoms with Gasteiger partial charge in [-0.25, -0.2) is 4.98 Å². The van der Waals surface area contributed by atoms with Crippen LogP contribution in [0.3, 0.4) is 0 Å². The van der Waals surface area contributed by atoms with Gasteiger partial charge in [-0.2, -0.15) is 9.97 Å². The van der Waals surface area contributed by atoms with Gasteiger partial charge in [-0.3, -0.25) is 0 Å². The molecule has 3 rings (SSSR count). The fourth-order valence-electron chi connectivity index (χ4n) is 2.48. The Kier molecular flexibility index (Phi) is 3.68. The van der Waals surface area contributed by atoms with Crippen molar-refractivity contribution in [1.82, 2.24) is 19.9 Å². The molecule has 0 aliphatic carbocycles. The molecule has 2 unspecified atom stereocenters. The highest BCUT2D eigenvalue weighted by Crippen LogP contribution is 2.23. The SMILES string of the molecule is CCNc1nc(NC(C)C2CCCO2)c2[nH]cnc2n1. The van der Waals surface area contributed by atoms with Crippen molar-refractivity contribution in [2.24, 2.45) is 0 Å². The number of aromatic amines is 1. The summed E-state index contributed by atoms with van der Waals surface area (Å²) in [4.78, 5) is 16.2. The molecule has 0 radical (unpaired) electrons. The van der Waals surface area contributed by atoms with E-state index in [0.29, 0.717) is 11.6 Å². The normalized spacial score (nSPS) is 20.2. The number of hydrogen-bond donors (Lipinski definition) is 3. The number of fused-ring (bicyclic) bond motifs is 1. The average Bonchev–Trinajstić information content (AvgIpc) is 3.10. The summed E-state index contributed by atoms with van der Waals surface area (Å²) in [6.07, 6.45) is 4.09. The molecule has 1 fully saturated rings. The van der Waals surface area contributed by atoms with Crippen LogP contribution in [-0.2, 0) is 4.74 Å². The number of H-pyrrole nitrogens is 1. The van der Waals surface area contributed by atoms with E-state index >= 15 is 0 Å². The zero-order chi connectivity index (χ0) is 13.9. The van der Waals surface area contributed by atoms with Gasteiger partial charge in [0.2, 0.25) is 5.95 Å².